The van der Waals surface area contributed by atoms with Crippen molar-refractivity contribution in [3.8, 4) is 16.9 Å². The average Bonchev–Trinajstić information content (AvgIpc) is 3.59. The molecule has 6 nitrogen and oxygen atoms in total. The van der Waals surface area contributed by atoms with Crippen LogP contribution in [-0.4, -0.2) is 62.7 Å². The van der Waals surface area contributed by atoms with Gasteiger partial charge in [-0.3, -0.25) is 14.7 Å². The fourth-order valence-corrected chi connectivity index (χ4v) is 4.56. The third kappa shape index (κ3) is 4.30. The smallest absolute Gasteiger partial charge is 0.246 e. The molecule has 6 heteroatoms. The number of benzene rings is 1. The number of pyridine rings is 1. The van der Waals surface area contributed by atoms with Crippen LogP contribution in [0.2, 0.25) is 0 Å². The maximum Gasteiger partial charge on any atom is 0.246 e. The van der Waals surface area contributed by atoms with E-state index in [0.717, 1.165) is 42.0 Å². The summed E-state index contributed by atoms with van der Waals surface area (Å²) in [4.78, 5) is 21.6. The molecular weight excluding hydrogens is 386 g/mol. The first-order valence-electron chi connectivity index (χ1n) is 11.0. The molecule has 1 aromatic carbocycles. The lowest BCUT2D eigenvalue weighted by Crippen LogP contribution is -2.36. The maximum atomic E-state index is 12.9. The molecular formula is C25H27N5O. The highest BCUT2D eigenvalue weighted by Crippen LogP contribution is 2.25. The number of carbonyl (C=O) groups is 1. The highest BCUT2D eigenvalue weighted by molar-refractivity contribution is 5.93. The van der Waals surface area contributed by atoms with Crippen LogP contribution in [0.15, 0.2) is 67.1 Å². The SMILES string of the molecule is O=C(/C=C/c1cn(-c2ccccc2)nc1-c1cccnc1)N1CCC(N2CCCC2)C1. The first-order valence-corrected chi connectivity index (χ1v) is 11.0. The van der Waals surface area contributed by atoms with Gasteiger partial charge in [0, 0.05) is 54.9 Å². The number of carbonyl (C=O) groups excluding carboxylic acids is 1. The standard InChI is InChI=1S/C25H27N5O/c31-24(29-16-12-23(19-29)28-14-4-5-15-28)11-10-21-18-30(22-8-2-1-3-9-22)27-25(21)20-7-6-13-26-17-20/h1-3,6-11,13,17-18,23H,4-5,12,14-16,19H2/b11-10+. The van der Waals surface area contributed by atoms with Gasteiger partial charge in [0.2, 0.25) is 5.91 Å². The molecule has 0 aliphatic carbocycles. The van der Waals surface area contributed by atoms with Crippen molar-refractivity contribution in [2.24, 2.45) is 0 Å². The molecule has 0 bridgehead atoms. The van der Waals surface area contributed by atoms with Crippen LogP contribution < -0.4 is 0 Å². The molecule has 5 rings (SSSR count). The highest BCUT2D eigenvalue weighted by atomic mass is 16.2. The highest BCUT2D eigenvalue weighted by Gasteiger charge is 2.30. The van der Waals surface area contributed by atoms with Gasteiger partial charge in [-0.25, -0.2) is 4.68 Å². The van der Waals surface area contributed by atoms with E-state index in [2.05, 4.69) is 9.88 Å². The van der Waals surface area contributed by atoms with Crippen molar-refractivity contribution in [1.29, 1.82) is 0 Å². The van der Waals surface area contributed by atoms with Crippen LogP contribution in [0, 0.1) is 0 Å². The van der Waals surface area contributed by atoms with Crippen molar-refractivity contribution in [2.75, 3.05) is 26.2 Å². The van der Waals surface area contributed by atoms with E-state index < -0.39 is 0 Å². The van der Waals surface area contributed by atoms with Gasteiger partial charge in [-0.05, 0) is 62.7 Å². The van der Waals surface area contributed by atoms with E-state index in [9.17, 15) is 4.79 Å². The Labute approximate surface area is 182 Å². The number of hydrogen-bond donors (Lipinski definition) is 0. The summed E-state index contributed by atoms with van der Waals surface area (Å²) >= 11 is 0. The molecule has 3 aromatic rings. The summed E-state index contributed by atoms with van der Waals surface area (Å²) in [6.07, 6.45) is 12.8. The molecule has 0 spiro atoms. The predicted molar refractivity (Wildman–Crippen MR) is 122 cm³/mol. The van der Waals surface area contributed by atoms with Crippen LogP contribution in [-0.2, 0) is 4.79 Å². The monoisotopic (exact) mass is 413 g/mol. The molecule has 158 valence electrons. The van der Waals surface area contributed by atoms with Gasteiger partial charge in [-0.15, -0.1) is 0 Å². The lowest BCUT2D eigenvalue weighted by molar-refractivity contribution is -0.125. The van der Waals surface area contributed by atoms with Crippen LogP contribution in [0.5, 0.6) is 0 Å². The Morgan fingerprint density at radius 3 is 2.65 bits per heavy atom. The van der Waals surface area contributed by atoms with E-state index in [0.29, 0.717) is 6.04 Å². The third-order valence-electron chi connectivity index (χ3n) is 6.24. The molecule has 1 unspecified atom stereocenters. The normalized spacial score (nSPS) is 19.5. The number of aromatic nitrogens is 3. The fourth-order valence-electron chi connectivity index (χ4n) is 4.56. The minimum Gasteiger partial charge on any atom is -0.338 e. The summed E-state index contributed by atoms with van der Waals surface area (Å²) in [5.41, 5.74) is 3.63. The Balaban J connectivity index is 1.37. The van der Waals surface area contributed by atoms with Crippen molar-refractivity contribution in [3.05, 3.63) is 72.7 Å². The van der Waals surface area contributed by atoms with E-state index in [4.69, 9.17) is 5.10 Å². The second kappa shape index (κ2) is 8.86. The van der Waals surface area contributed by atoms with Crippen molar-refractivity contribution >= 4 is 12.0 Å². The lowest BCUT2D eigenvalue weighted by Gasteiger charge is -2.23. The summed E-state index contributed by atoms with van der Waals surface area (Å²) in [7, 11) is 0. The van der Waals surface area contributed by atoms with Crippen LogP contribution in [0.1, 0.15) is 24.8 Å². The van der Waals surface area contributed by atoms with E-state index in [1.54, 1.807) is 18.5 Å². The van der Waals surface area contributed by atoms with E-state index in [1.807, 2.05) is 64.3 Å². The topological polar surface area (TPSA) is 54.3 Å². The Morgan fingerprint density at radius 1 is 1.03 bits per heavy atom. The minimum absolute atomic E-state index is 0.0753. The Bertz CT molecular complexity index is 1050. The quantitative estimate of drug-likeness (QED) is 0.599. The minimum atomic E-state index is 0.0753. The number of hydrogen-bond acceptors (Lipinski definition) is 4. The van der Waals surface area contributed by atoms with Crippen LogP contribution >= 0.6 is 0 Å². The van der Waals surface area contributed by atoms with Gasteiger partial charge in [-0.1, -0.05) is 18.2 Å². The summed E-state index contributed by atoms with van der Waals surface area (Å²) < 4.78 is 1.85. The first-order chi connectivity index (χ1) is 15.3. The molecule has 2 fully saturated rings. The van der Waals surface area contributed by atoms with Gasteiger partial charge in [0.1, 0.15) is 5.69 Å². The average molecular weight is 414 g/mol. The zero-order valence-corrected chi connectivity index (χ0v) is 17.6. The van der Waals surface area contributed by atoms with Gasteiger partial charge in [0.25, 0.3) is 0 Å². The molecule has 2 saturated heterocycles. The molecule has 1 atom stereocenters. The van der Waals surface area contributed by atoms with Crippen molar-refractivity contribution < 1.29 is 4.79 Å². The maximum absolute atomic E-state index is 12.9. The van der Waals surface area contributed by atoms with Gasteiger partial charge >= 0.3 is 0 Å². The largest absolute Gasteiger partial charge is 0.338 e. The number of amides is 1. The molecule has 2 aromatic heterocycles. The molecule has 0 saturated carbocycles. The summed E-state index contributed by atoms with van der Waals surface area (Å²) in [6.45, 7) is 4.02. The molecule has 2 aliphatic rings. The van der Waals surface area contributed by atoms with E-state index in [-0.39, 0.29) is 5.91 Å². The number of rotatable bonds is 5. The zero-order chi connectivity index (χ0) is 21.0. The molecule has 0 N–H and O–H groups in total. The molecule has 2 aliphatic heterocycles. The predicted octanol–water partition coefficient (Wildman–Crippen LogP) is 3.64. The van der Waals surface area contributed by atoms with Gasteiger partial charge < -0.3 is 4.90 Å². The lowest BCUT2D eigenvalue weighted by atomic mass is 10.1. The van der Waals surface area contributed by atoms with Crippen LogP contribution in [0.3, 0.4) is 0 Å². The van der Waals surface area contributed by atoms with Crippen molar-refractivity contribution in [2.45, 2.75) is 25.3 Å². The second-order valence-electron chi connectivity index (χ2n) is 8.26. The zero-order valence-electron chi connectivity index (χ0n) is 17.6. The van der Waals surface area contributed by atoms with E-state index in [1.165, 1.54) is 25.9 Å². The molecule has 0 radical (unpaired) electrons. The Morgan fingerprint density at radius 2 is 1.87 bits per heavy atom. The third-order valence-corrected chi connectivity index (χ3v) is 6.24. The summed E-state index contributed by atoms with van der Waals surface area (Å²) in [5.74, 6) is 0.0753. The number of para-hydroxylation sites is 1. The van der Waals surface area contributed by atoms with Crippen LogP contribution in [0.4, 0.5) is 0 Å². The number of nitrogens with zero attached hydrogens (tertiary/aromatic N) is 5. The number of likely N-dealkylation sites (tertiary alicyclic amines) is 2. The van der Waals surface area contributed by atoms with Crippen LogP contribution in [0.25, 0.3) is 23.0 Å². The molecule has 4 heterocycles. The molecule has 1 amide bonds. The van der Waals surface area contributed by atoms with Crippen molar-refractivity contribution in [3.63, 3.8) is 0 Å². The fraction of sp³-hybridized carbons (Fsp3) is 0.320. The van der Waals surface area contributed by atoms with E-state index >= 15 is 0 Å². The van der Waals surface area contributed by atoms with Gasteiger partial charge in [0.15, 0.2) is 0 Å². The Hall–Kier alpha value is -3.25. The van der Waals surface area contributed by atoms with Gasteiger partial charge in [-0.2, -0.15) is 5.10 Å². The van der Waals surface area contributed by atoms with Crippen molar-refractivity contribution in [1.82, 2.24) is 24.6 Å². The van der Waals surface area contributed by atoms with Gasteiger partial charge in [0.05, 0.1) is 5.69 Å². The first kappa shape index (κ1) is 19.7. The Kier molecular flexibility index (Phi) is 5.63. The summed E-state index contributed by atoms with van der Waals surface area (Å²) in [5, 5.41) is 4.78. The summed E-state index contributed by atoms with van der Waals surface area (Å²) in [6, 6.07) is 14.4. The molecule has 31 heavy (non-hydrogen) atoms. The second-order valence-corrected chi connectivity index (χ2v) is 8.26.